The molecule has 1 aromatic carbocycles. The van der Waals surface area contributed by atoms with Crippen LogP contribution >= 0.6 is 0 Å². The fourth-order valence-corrected chi connectivity index (χ4v) is 1.90. The van der Waals surface area contributed by atoms with E-state index in [1.165, 1.54) is 18.6 Å². The topological polar surface area (TPSA) is 69.2 Å². The van der Waals surface area contributed by atoms with E-state index < -0.39 is 12.1 Å². The van der Waals surface area contributed by atoms with Crippen LogP contribution in [0, 0.1) is 13.8 Å². The van der Waals surface area contributed by atoms with Crippen LogP contribution in [-0.4, -0.2) is 27.8 Å². The van der Waals surface area contributed by atoms with Crippen LogP contribution in [0.25, 0.3) is 0 Å². The van der Waals surface area contributed by atoms with Gasteiger partial charge in [0.25, 0.3) is 0 Å². The van der Waals surface area contributed by atoms with Gasteiger partial charge in [-0.3, -0.25) is 9.78 Å². The second kappa shape index (κ2) is 6.26. The van der Waals surface area contributed by atoms with Gasteiger partial charge in [-0.05, 0) is 32.4 Å². The molecule has 1 atom stereocenters. The quantitative estimate of drug-likeness (QED) is 0.637. The van der Waals surface area contributed by atoms with Crippen LogP contribution in [0.1, 0.15) is 38.9 Å². The number of esters is 1. The Morgan fingerprint density at radius 1 is 1.19 bits per heavy atom. The van der Waals surface area contributed by atoms with E-state index in [2.05, 4.69) is 9.97 Å². The predicted molar refractivity (Wildman–Crippen MR) is 77.2 cm³/mol. The van der Waals surface area contributed by atoms with Crippen molar-refractivity contribution in [1.29, 1.82) is 0 Å². The fourth-order valence-electron chi connectivity index (χ4n) is 1.90. The number of benzene rings is 1. The Labute approximate surface area is 123 Å². The zero-order chi connectivity index (χ0) is 15.4. The number of Topliss-reactive ketones (excluding diaryl/α,β-unsaturated/α-hetero) is 1. The minimum absolute atomic E-state index is 0.0816. The third kappa shape index (κ3) is 3.51. The van der Waals surface area contributed by atoms with Gasteiger partial charge in [0.05, 0.1) is 6.20 Å². The maximum atomic E-state index is 12.4. The molecule has 2 rings (SSSR count). The highest BCUT2D eigenvalue weighted by atomic mass is 16.5. The Kier molecular flexibility index (Phi) is 4.42. The van der Waals surface area contributed by atoms with Crippen molar-refractivity contribution in [2.75, 3.05) is 0 Å². The van der Waals surface area contributed by atoms with Crippen LogP contribution in [0.4, 0.5) is 0 Å². The van der Waals surface area contributed by atoms with Gasteiger partial charge < -0.3 is 4.74 Å². The molecular formula is C16H16N2O3. The molecule has 0 amide bonds. The van der Waals surface area contributed by atoms with Crippen LogP contribution < -0.4 is 0 Å². The van der Waals surface area contributed by atoms with E-state index in [-0.39, 0.29) is 11.5 Å². The van der Waals surface area contributed by atoms with E-state index in [1.807, 2.05) is 26.0 Å². The third-order valence-electron chi connectivity index (χ3n) is 3.08. The standard InChI is InChI=1S/C16H16N2O3/c1-10-4-5-11(2)13(8-10)15(19)12(3)21-16(20)14-9-17-6-7-18-14/h4-9,12H,1-3H3/t12-/m0/s1. The summed E-state index contributed by atoms with van der Waals surface area (Å²) in [5.74, 6) is -0.886. The number of aryl methyl sites for hydroxylation is 2. The molecule has 0 saturated heterocycles. The van der Waals surface area contributed by atoms with Crippen molar-refractivity contribution in [2.24, 2.45) is 0 Å². The van der Waals surface area contributed by atoms with Gasteiger partial charge in [-0.1, -0.05) is 17.7 Å². The first-order valence-corrected chi connectivity index (χ1v) is 6.57. The Hall–Kier alpha value is -2.56. The normalized spacial score (nSPS) is 11.8. The Balaban J connectivity index is 2.13. The molecular weight excluding hydrogens is 268 g/mol. The molecule has 0 unspecified atom stereocenters. The van der Waals surface area contributed by atoms with Gasteiger partial charge in [-0.25, -0.2) is 9.78 Å². The SMILES string of the molecule is Cc1ccc(C)c(C(=O)[C@H](C)OC(=O)c2cnccn2)c1. The molecule has 0 fully saturated rings. The summed E-state index contributed by atoms with van der Waals surface area (Å²) in [6.45, 7) is 5.31. The minimum atomic E-state index is -0.875. The minimum Gasteiger partial charge on any atom is -0.449 e. The first-order chi connectivity index (χ1) is 9.99. The van der Waals surface area contributed by atoms with Crippen molar-refractivity contribution in [1.82, 2.24) is 9.97 Å². The summed E-state index contributed by atoms with van der Waals surface area (Å²) in [6, 6.07) is 5.60. The highest BCUT2D eigenvalue weighted by Crippen LogP contribution is 2.15. The Bertz CT molecular complexity index is 668. The van der Waals surface area contributed by atoms with Gasteiger partial charge in [0, 0.05) is 18.0 Å². The number of carbonyl (C=O) groups is 2. The maximum absolute atomic E-state index is 12.4. The molecule has 2 aromatic rings. The van der Waals surface area contributed by atoms with Crippen LogP contribution in [0.15, 0.2) is 36.8 Å². The van der Waals surface area contributed by atoms with E-state index in [1.54, 1.807) is 13.0 Å². The van der Waals surface area contributed by atoms with Gasteiger partial charge in [-0.2, -0.15) is 0 Å². The summed E-state index contributed by atoms with van der Waals surface area (Å²) < 4.78 is 5.16. The van der Waals surface area contributed by atoms with E-state index in [0.29, 0.717) is 5.56 Å². The molecule has 108 valence electrons. The van der Waals surface area contributed by atoms with Crippen LogP contribution in [0.3, 0.4) is 0 Å². The van der Waals surface area contributed by atoms with E-state index in [4.69, 9.17) is 4.74 Å². The van der Waals surface area contributed by atoms with E-state index in [9.17, 15) is 9.59 Å². The monoisotopic (exact) mass is 284 g/mol. The fraction of sp³-hybridized carbons (Fsp3) is 0.250. The van der Waals surface area contributed by atoms with Crippen molar-refractivity contribution >= 4 is 11.8 Å². The molecule has 1 heterocycles. The Morgan fingerprint density at radius 2 is 1.95 bits per heavy atom. The van der Waals surface area contributed by atoms with Gasteiger partial charge in [-0.15, -0.1) is 0 Å². The molecule has 0 radical (unpaired) electrons. The van der Waals surface area contributed by atoms with Gasteiger partial charge in [0.2, 0.25) is 5.78 Å². The van der Waals surface area contributed by atoms with Crippen molar-refractivity contribution in [3.63, 3.8) is 0 Å². The largest absolute Gasteiger partial charge is 0.449 e. The first-order valence-electron chi connectivity index (χ1n) is 6.57. The van der Waals surface area contributed by atoms with Crippen molar-refractivity contribution < 1.29 is 14.3 Å². The number of ketones is 1. The number of carbonyl (C=O) groups excluding carboxylic acids is 2. The highest BCUT2D eigenvalue weighted by molar-refractivity contribution is 6.02. The second-order valence-electron chi connectivity index (χ2n) is 4.82. The van der Waals surface area contributed by atoms with Gasteiger partial charge >= 0.3 is 5.97 Å². The highest BCUT2D eigenvalue weighted by Gasteiger charge is 2.22. The van der Waals surface area contributed by atoms with Gasteiger partial charge in [0.15, 0.2) is 11.8 Å². The van der Waals surface area contributed by atoms with Crippen molar-refractivity contribution in [3.05, 3.63) is 59.2 Å². The van der Waals surface area contributed by atoms with E-state index >= 15 is 0 Å². The molecule has 0 aliphatic carbocycles. The maximum Gasteiger partial charge on any atom is 0.359 e. The van der Waals surface area contributed by atoms with Gasteiger partial charge in [0.1, 0.15) is 0 Å². The molecule has 5 heteroatoms. The second-order valence-corrected chi connectivity index (χ2v) is 4.82. The molecule has 0 N–H and O–H groups in total. The third-order valence-corrected chi connectivity index (χ3v) is 3.08. The summed E-state index contributed by atoms with van der Waals surface area (Å²) >= 11 is 0. The zero-order valence-corrected chi connectivity index (χ0v) is 12.2. The molecule has 0 spiro atoms. The van der Waals surface area contributed by atoms with Crippen molar-refractivity contribution in [3.8, 4) is 0 Å². The molecule has 0 aliphatic rings. The number of hydrogen-bond acceptors (Lipinski definition) is 5. The first kappa shape index (κ1) is 14.8. The number of hydrogen-bond donors (Lipinski definition) is 0. The summed E-state index contributed by atoms with van der Waals surface area (Å²) in [5, 5.41) is 0. The predicted octanol–water partition coefficient (Wildman–Crippen LogP) is 2.52. The zero-order valence-electron chi connectivity index (χ0n) is 12.2. The van der Waals surface area contributed by atoms with Crippen LogP contribution in [-0.2, 0) is 4.74 Å². The van der Waals surface area contributed by atoms with Crippen LogP contribution in [0.2, 0.25) is 0 Å². The number of aromatic nitrogens is 2. The summed E-state index contributed by atoms with van der Waals surface area (Å²) in [5.41, 5.74) is 2.48. The summed E-state index contributed by atoms with van der Waals surface area (Å²) in [7, 11) is 0. The molecule has 0 aliphatic heterocycles. The van der Waals surface area contributed by atoms with Crippen molar-refractivity contribution in [2.45, 2.75) is 26.9 Å². The lowest BCUT2D eigenvalue weighted by atomic mass is 9.99. The average Bonchev–Trinajstić information content (AvgIpc) is 2.49. The average molecular weight is 284 g/mol. The van der Waals surface area contributed by atoms with Crippen LogP contribution in [0.5, 0.6) is 0 Å². The molecule has 21 heavy (non-hydrogen) atoms. The summed E-state index contributed by atoms with van der Waals surface area (Å²) in [4.78, 5) is 31.9. The summed E-state index contributed by atoms with van der Waals surface area (Å²) in [6.07, 6.45) is 3.28. The lowest BCUT2D eigenvalue weighted by Gasteiger charge is -2.13. The van der Waals surface area contributed by atoms with E-state index in [0.717, 1.165) is 11.1 Å². The smallest absolute Gasteiger partial charge is 0.359 e. The molecule has 5 nitrogen and oxygen atoms in total. The molecule has 0 bridgehead atoms. The molecule has 0 saturated carbocycles. The number of rotatable bonds is 4. The lowest BCUT2D eigenvalue weighted by Crippen LogP contribution is -2.25. The Morgan fingerprint density at radius 3 is 2.62 bits per heavy atom. The lowest BCUT2D eigenvalue weighted by molar-refractivity contribution is 0.0312. The number of ether oxygens (including phenoxy) is 1. The molecule has 1 aromatic heterocycles. The number of nitrogens with zero attached hydrogens (tertiary/aromatic N) is 2.